The molecule has 2 aliphatic heterocycles. The van der Waals surface area contributed by atoms with Gasteiger partial charge in [-0.2, -0.15) is 27.0 Å². The molecule has 3 aromatic rings. The number of aliphatic hydroxyl groups is 1. The summed E-state index contributed by atoms with van der Waals surface area (Å²) in [4.78, 5) is 68.7. The third kappa shape index (κ3) is 10.8. The number of likely N-dealkylation sites (tertiary alicyclic amines) is 1. The van der Waals surface area contributed by atoms with E-state index in [9.17, 15) is 29.1 Å². The largest absolute Gasteiger partial charge is 0.384 e. The second kappa shape index (κ2) is 19.4. The molecule has 5 rings (SSSR count). The normalized spacial score (nSPS) is 18.7. The van der Waals surface area contributed by atoms with Crippen LogP contribution in [0.4, 0.5) is 0 Å². The molecule has 5 N–H and O–H groups in total. The highest BCUT2D eigenvalue weighted by molar-refractivity contribution is 7.59. The summed E-state index contributed by atoms with van der Waals surface area (Å²) in [6, 6.07) is 9.22. The van der Waals surface area contributed by atoms with Crippen LogP contribution in [0.2, 0.25) is 0 Å². The predicted octanol–water partition coefficient (Wildman–Crippen LogP) is 2.76. The first-order valence-corrected chi connectivity index (χ1v) is 17.8. The third-order valence-electron chi connectivity index (χ3n) is 9.91. The van der Waals surface area contributed by atoms with E-state index in [1.54, 1.807) is 26.0 Å². The molecule has 4 amide bonds. The lowest BCUT2D eigenvalue weighted by molar-refractivity contribution is -0.142. The van der Waals surface area contributed by atoms with Gasteiger partial charge in [-0.15, -0.1) is 5.10 Å². The maximum absolute atomic E-state index is 14.7. The van der Waals surface area contributed by atoms with Gasteiger partial charge in [-0.3, -0.25) is 24.0 Å². The Labute approximate surface area is 323 Å². The van der Waals surface area contributed by atoms with Gasteiger partial charge in [0.1, 0.15) is 17.7 Å². The van der Waals surface area contributed by atoms with Crippen LogP contribution in [-0.2, 0) is 29.5 Å². The first kappa shape index (κ1) is 43.4. The van der Waals surface area contributed by atoms with Crippen molar-refractivity contribution in [3.63, 3.8) is 0 Å². The van der Waals surface area contributed by atoms with Gasteiger partial charge in [-0.05, 0) is 68.4 Å². The number of hydrogen-bond acceptors (Lipinski definition) is 9. The van der Waals surface area contributed by atoms with Crippen molar-refractivity contribution in [1.29, 1.82) is 0 Å². The maximum atomic E-state index is 14.7. The number of benzene rings is 2. The number of fused-ring (bicyclic) bond motifs is 1. The number of carbonyl (C=O) groups excluding carboxylic acids is 5. The minimum absolute atomic E-state index is 0. The molecule has 53 heavy (non-hydrogen) atoms. The smallest absolute Gasteiger partial charge is 0.287 e. The molecule has 290 valence electrons. The van der Waals surface area contributed by atoms with Crippen LogP contribution in [-0.4, -0.2) is 92.3 Å². The lowest BCUT2D eigenvalue weighted by Gasteiger charge is -2.32. The van der Waals surface area contributed by atoms with Gasteiger partial charge in [-0.25, -0.2) is 4.68 Å². The van der Waals surface area contributed by atoms with Crippen molar-refractivity contribution in [2.75, 3.05) is 19.8 Å². The minimum atomic E-state index is -1.32. The first-order chi connectivity index (χ1) is 24.4. The molecule has 0 spiro atoms. The zero-order chi connectivity index (χ0) is 36.7. The molecule has 0 saturated carbocycles. The molecule has 4 atom stereocenters. The summed E-state index contributed by atoms with van der Waals surface area (Å²) < 4.78 is 7.07. The Hall–Kier alpha value is -3.99. The fourth-order valence-corrected chi connectivity index (χ4v) is 7.05. The van der Waals surface area contributed by atoms with Crippen LogP contribution in [0.5, 0.6) is 0 Å². The minimum Gasteiger partial charge on any atom is -0.384 e. The Balaban J connectivity index is 0.00000378. The molecular weight excluding hydrogens is 719 g/mol. The van der Waals surface area contributed by atoms with Crippen molar-refractivity contribution in [3.05, 3.63) is 59.9 Å². The van der Waals surface area contributed by atoms with E-state index in [4.69, 9.17) is 10.5 Å². The molecule has 1 aromatic heterocycles. The topological polar surface area (TPSA) is 199 Å². The van der Waals surface area contributed by atoms with E-state index in [1.165, 1.54) is 15.8 Å². The van der Waals surface area contributed by atoms with Crippen molar-refractivity contribution in [2.24, 2.45) is 11.7 Å². The Morgan fingerprint density at radius 1 is 1.00 bits per heavy atom. The quantitative estimate of drug-likeness (QED) is 0.133. The Morgan fingerprint density at radius 3 is 2.36 bits per heavy atom. The summed E-state index contributed by atoms with van der Waals surface area (Å²) in [6.45, 7) is 6.28. The Morgan fingerprint density at radius 2 is 1.70 bits per heavy atom. The standard InChI is InChI=1S/C37H49N7O7.2H2S/c1-4-5-6-11-28(32(45)33(38)46)40-35(48)30-20-27(44-31(21-39-42-44)37(2,3)50)22-43(30)36(49)29(18-23-14-16-51-17-15-23)41-34(47)26-13-12-24-9-7-8-10-25(24)19-26;;/h7-10,12-13,19,21,23,27-30,50H,4-6,11,14-18,20,22H2,1-3H3,(H2,38,46)(H,40,48)(H,41,47);2*1H2/t27-,28?,29?,30-;;/m0../s1. The number of nitrogens with one attached hydrogen (secondary N) is 2. The van der Waals surface area contributed by atoms with Gasteiger partial charge < -0.3 is 31.1 Å². The molecule has 16 heteroatoms. The average molecular weight is 772 g/mol. The van der Waals surface area contributed by atoms with Gasteiger partial charge in [0.05, 0.1) is 24.0 Å². The molecular formula is C37H53N7O7S2. The van der Waals surface area contributed by atoms with Gasteiger partial charge >= 0.3 is 0 Å². The van der Waals surface area contributed by atoms with Gasteiger partial charge in [0.25, 0.3) is 11.8 Å². The van der Waals surface area contributed by atoms with Crippen molar-refractivity contribution in [1.82, 2.24) is 30.5 Å². The summed E-state index contributed by atoms with van der Waals surface area (Å²) in [5, 5.41) is 26.6. The Kier molecular flexibility index (Phi) is 15.9. The number of carbonyl (C=O) groups is 5. The third-order valence-corrected chi connectivity index (χ3v) is 9.91. The van der Waals surface area contributed by atoms with Crippen molar-refractivity contribution in [2.45, 2.75) is 102 Å². The number of unbranched alkanes of at least 4 members (excludes halogenated alkanes) is 2. The van der Waals surface area contributed by atoms with Crippen molar-refractivity contribution >= 4 is 67.2 Å². The zero-order valence-electron chi connectivity index (χ0n) is 30.5. The number of aromatic nitrogens is 3. The lowest BCUT2D eigenvalue weighted by Crippen LogP contribution is -2.56. The van der Waals surface area contributed by atoms with Gasteiger partial charge in [0, 0.05) is 31.7 Å². The molecule has 14 nitrogen and oxygen atoms in total. The molecule has 3 heterocycles. The van der Waals surface area contributed by atoms with Crippen molar-refractivity contribution in [3.8, 4) is 0 Å². The second-order valence-electron chi connectivity index (χ2n) is 14.2. The average Bonchev–Trinajstić information content (AvgIpc) is 3.79. The maximum Gasteiger partial charge on any atom is 0.287 e. The first-order valence-electron chi connectivity index (χ1n) is 17.8. The molecule has 2 saturated heterocycles. The number of Topliss-reactive ketones (excluding diaryl/α,β-unsaturated/α-hetero) is 1. The number of ether oxygens (including phenoxy) is 1. The van der Waals surface area contributed by atoms with E-state index >= 15 is 0 Å². The highest BCUT2D eigenvalue weighted by Gasteiger charge is 2.45. The number of nitrogens with two attached hydrogens (primary N) is 1. The summed E-state index contributed by atoms with van der Waals surface area (Å²) >= 11 is 0. The SMILES string of the molecule is CCCCCC(NC(=O)[C@@H]1C[C@H](n2nncc2C(C)(C)O)CN1C(=O)C(CC1CCOCC1)NC(=O)c1ccc2ccccc2c1)C(=O)C(N)=O.S.S. The number of primary amides is 1. The molecule has 2 aliphatic rings. The van der Waals surface area contributed by atoms with E-state index in [-0.39, 0.29) is 52.3 Å². The monoisotopic (exact) mass is 771 g/mol. The van der Waals surface area contributed by atoms with E-state index in [2.05, 4.69) is 20.9 Å². The summed E-state index contributed by atoms with van der Waals surface area (Å²) in [5.74, 6) is -3.49. The lowest BCUT2D eigenvalue weighted by atomic mass is 9.91. The molecule has 2 fully saturated rings. The summed E-state index contributed by atoms with van der Waals surface area (Å²) in [7, 11) is 0. The van der Waals surface area contributed by atoms with Crippen molar-refractivity contribution < 1.29 is 33.8 Å². The molecule has 0 aliphatic carbocycles. The van der Waals surface area contributed by atoms with E-state index in [1.807, 2.05) is 37.3 Å². The second-order valence-corrected chi connectivity index (χ2v) is 14.2. The fourth-order valence-electron chi connectivity index (χ4n) is 7.05. The van der Waals surface area contributed by atoms with Crippen LogP contribution in [0.15, 0.2) is 48.7 Å². The Bertz CT molecular complexity index is 1740. The zero-order valence-corrected chi connectivity index (χ0v) is 32.5. The van der Waals surface area contributed by atoms with Crippen LogP contribution >= 0.6 is 27.0 Å². The number of nitrogens with zero attached hydrogens (tertiary/aromatic N) is 4. The molecule has 2 unspecified atom stereocenters. The number of rotatable bonds is 15. The summed E-state index contributed by atoms with van der Waals surface area (Å²) in [5.41, 5.74) is 4.81. The van der Waals surface area contributed by atoms with Crippen LogP contribution < -0.4 is 16.4 Å². The van der Waals surface area contributed by atoms with Gasteiger partial charge in [0.15, 0.2) is 0 Å². The fraction of sp³-hybridized carbons (Fsp3) is 0.541. The van der Waals surface area contributed by atoms with Gasteiger partial charge in [0.2, 0.25) is 17.6 Å². The highest BCUT2D eigenvalue weighted by atomic mass is 32.1. The predicted molar refractivity (Wildman–Crippen MR) is 209 cm³/mol. The van der Waals surface area contributed by atoms with Gasteiger partial charge in [-0.1, -0.05) is 61.7 Å². The number of hydrogen-bond donors (Lipinski definition) is 4. The number of amides is 4. The van der Waals surface area contributed by atoms with Crippen LogP contribution in [0.25, 0.3) is 10.8 Å². The highest BCUT2D eigenvalue weighted by Crippen LogP contribution is 2.33. The van der Waals surface area contributed by atoms with Crippen LogP contribution in [0, 0.1) is 5.92 Å². The molecule has 0 bridgehead atoms. The van der Waals surface area contributed by atoms with E-state index < -0.39 is 59.2 Å². The van der Waals surface area contributed by atoms with E-state index in [0.29, 0.717) is 50.2 Å². The number of ketones is 1. The van der Waals surface area contributed by atoms with E-state index in [0.717, 1.165) is 23.6 Å². The summed E-state index contributed by atoms with van der Waals surface area (Å²) in [6.07, 6.45) is 5.71. The molecule has 0 radical (unpaired) electrons. The molecule has 2 aromatic carbocycles. The van der Waals surface area contributed by atoms with Crippen LogP contribution in [0.3, 0.4) is 0 Å². The van der Waals surface area contributed by atoms with Crippen LogP contribution in [0.1, 0.15) is 94.2 Å².